The van der Waals surface area contributed by atoms with Crippen LogP contribution in [-0.4, -0.2) is 61.5 Å². The van der Waals surface area contributed by atoms with Crippen molar-refractivity contribution in [1.29, 1.82) is 0 Å². The minimum Gasteiger partial charge on any atom is -0.468 e. The summed E-state index contributed by atoms with van der Waals surface area (Å²) in [6.45, 7) is 6.39. The van der Waals surface area contributed by atoms with Crippen LogP contribution in [0.2, 0.25) is 0 Å². The highest BCUT2D eigenvalue weighted by Gasteiger charge is 2.35. The Balaban J connectivity index is 2.25. The van der Waals surface area contributed by atoms with Gasteiger partial charge in [0.15, 0.2) is 0 Å². The predicted octanol–water partition coefficient (Wildman–Crippen LogP) is 0.907. The molecule has 0 radical (unpaired) electrons. The van der Waals surface area contributed by atoms with Crippen molar-refractivity contribution < 1.29 is 23.8 Å². The number of carbonyl (C=O) groups excluding carboxylic acids is 2. The summed E-state index contributed by atoms with van der Waals surface area (Å²) in [5.74, 6) is -0.497. The summed E-state index contributed by atoms with van der Waals surface area (Å²) in [7, 11) is 1.27. The van der Waals surface area contributed by atoms with Gasteiger partial charge in [-0.2, -0.15) is 0 Å². The number of esters is 1. The number of methoxy groups -OCH3 is 1. The molecule has 0 saturated carbocycles. The number of amides is 1. The topological polar surface area (TPSA) is 77.1 Å². The average molecular weight is 309 g/mol. The standard InChI is InChI=1S/C12H21ClN2O5/c1-12(2,3)20-11(17)15-5-8(6-15)19-7-9(14-13)10(16)18-4/h8-9,14H,5-7H2,1-4H3. The van der Waals surface area contributed by atoms with Crippen LogP contribution in [0.3, 0.4) is 0 Å². The van der Waals surface area contributed by atoms with E-state index in [0.717, 1.165) is 0 Å². The lowest BCUT2D eigenvalue weighted by Crippen LogP contribution is -2.56. The summed E-state index contributed by atoms with van der Waals surface area (Å²) in [4.78, 5) is 26.8. The number of rotatable bonds is 5. The molecule has 8 heteroatoms. The molecule has 7 nitrogen and oxygen atoms in total. The molecule has 1 amide bonds. The van der Waals surface area contributed by atoms with Gasteiger partial charge in [-0.25, -0.2) is 9.63 Å². The summed E-state index contributed by atoms with van der Waals surface area (Å²) >= 11 is 5.42. The molecule has 1 N–H and O–H groups in total. The monoisotopic (exact) mass is 308 g/mol. The molecule has 116 valence electrons. The fourth-order valence-electron chi connectivity index (χ4n) is 1.54. The number of halogens is 1. The van der Waals surface area contributed by atoms with Crippen LogP contribution >= 0.6 is 11.8 Å². The van der Waals surface area contributed by atoms with Crippen LogP contribution in [0.4, 0.5) is 4.79 Å². The molecule has 0 aromatic rings. The first-order chi connectivity index (χ1) is 9.26. The van der Waals surface area contributed by atoms with E-state index in [1.54, 1.807) is 0 Å². The molecule has 1 unspecified atom stereocenters. The lowest BCUT2D eigenvalue weighted by atomic mass is 10.1. The SMILES string of the molecule is COC(=O)C(COC1CN(C(=O)OC(C)(C)C)C1)NCl. The maximum Gasteiger partial charge on any atom is 0.410 e. The van der Waals surface area contributed by atoms with Gasteiger partial charge in [-0.05, 0) is 32.5 Å². The number of likely N-dealkylation sites (tertiary alicyclic amines) is 1. The maximum absolute atomic E-state index is 11.7. The van der Waals surface area contributed by atoms with Gasteiger partial charge in [-0.3, -0.25) is 4.79 Å². The van der Waals surface area contributed by atoms with Gasteiger partial charge < -0.3 is 19.1 Å². The first-order valence-electron chi connectivity index (χ1n) is 6.30. The molecule has 0 aromatic carbocycles. The molecule has 1 atom stereocenters. The van der Waals surface area contributed by atoms with Gasteiger partial charge in [0.2, 0.25) is 0 Å². The summed E-state index contributed by atoms with van der Waals surface area (Å²) in [6, 6.07) is -0.725. The van der Waals surface area contributed by atoms with Crippen molar-refractivity contribution in [2.24, 2.45) is 0 Å². The molecule has 1 aliphatic heterocycles. The summed E-state index contributed by atoms with van der Waals surface area (Å²) in [5.41, 5.74) is -0.512. The molecule has 0 spiro atoms. The molecular formula is C12H21ClN2O5. The van der Waals surface area contributed by atoms with Crippen LogP contribution in [0.1, 0.15) is 20.8 Å². The second-order valence-electron chi connectivity index (χ2n) is 5.53. The predicted molar refractivity (Wildman–Crippen MR) is 72.3 cm³/mol. The van der Waals surface area contributed by atoms with E-state index < -0.39 is 17.6 Å². The van der Waals surface area contributed by atoms with Gasteiger partial charge >= 0.3 is 12.1 Å². The van der Waals surface area contributed by atoms with Crippen molar-refractivity contribution in [3.63, 3.8) is 0 Å². The van der Waals surface area contributed by atoms with Crippen molar-refractivity contribution in [1.82, 2.24) is 9.74 Å². The number of ether oxygens (including phenoxy) is 3. The van der Waals surface area contributed by atoms with E-state index in [0.29, 0.717) is 13.1 Å². The van der Waals surface area contributed by atoms with E-state index in [2.05, 4.69) is 9.57 Å². The molecule has 0 aromatic heterocycles. The van der Waals surface area contributed by atoms with Crippen LogP contribution in [0.25, 0.3) is 0 Å². The second-order valence-corrected chi connectivity index (χ2v) is 5.74. The Labute approximate surface area is 123 Å². The molecule has 1 fully saturated rings. The average Bonchev–Trinajstić information content (AvgIpc) is 2.28. The van der Waals surface area contributed by atoms with Crippen molar-refractivity contribution >= 4 is 23.8 Å². The van der Waals surface area contributed by atoms with Gasteiger partial charge in [-0.1, -0.05) is 0 Å². The zero-order chi connectivity index (χ0) is 15.3. The number of hydrogen-bond acceptors (Lipinski definition) is 6. The van der Waals surface area contributed by atoms with Crippen LogP contribution in [-0.2, 0) is 19.0 Å². The van der Waals surface area contributed by atoms with E-state index in [1.165, 1.54) is 12.0 Å². The van der Waals surface area contributed by atoms with Gasteiger partial charge in [0.05, 0.1) is 32.9 Å². The Bertz CT molecular complexity index is 352. The molecule has 0 bridgehead atoms. The van der Waals surface area contributed by atoms with Crippen molar-refractivity contribution in [2.75, 3.05) is 26.8 Å². The van der Waals surface area contributed by atoms with E-state index in [-0.39, 0.29) is 18.8 Å². The van der Waals surface area contributed by atoms with E-state index in [1.807, 2.05) is 20.8 Å². The van der Waals surface area contributed by atoms with E-state index in [9.17, 15) is 9.59 Å². The third-order valence-corrected chi connectivity index (χ3v) is 2.88. The minimum atomic E-state index is -0.725. The summed E-state index contributed by atoms with van der Waals surface area (Å²) < 4.78 is 15.2. The Hall–Kier alpha value is -1.05. The van der Waals surface area contributed by atoms with Crippen molar-refractivity contribution in [3.05, 3.63) is 0 Å². The van der Waals surface area contributed by atoms with Crippen molar-refractivity contribution in [3.8, 4) is 0 Å². The van der Waals surface area contributed by atoms with Gasteiger partial charge in [-0.15, -0.1) is 0 Å². The summed E-state index contributed by atoms with van der Waals surface area (Å²) in [6.07, 6.45) is -0.489. The lowest BCUT2D eigenvalue weighted by molar-refractivity contribution is -0.146. The highest BCUT2D eigenvalue weighted by Crippen LogP contribution is 2.17. The smallest absolute Gasteiger partial charge is 0.410 e. The van der Waals surface area contributed by atoms with Gasteiger partial charge in [0.25, 0.3) is 0 Å². The summed E-state index contributed by atoms with van der Waals surface area (Å²) in [5, 5.41) is 0. The number of hydrogen-bond donors (Lipinski definition) is 1. The quantitative estimate of drug-likeness (QED) is 0.601. The van der Waals surface area contributed by atoms with E-state index in [4.69, 9.17) is 21.3 Å². The Morgan fingerprint density at radius 3 is 2.45 bits per heavy atom. The fourth-order valence-corrected chi connectivity index (χ4v) is 1.69. The van der Waals surface area contributed by atoms with E-state index >= 15 is 0 Å². The first-order valence-corrected chi connectivity index (χ1v) is 6.68. The van der Waals surface area contributed by atoms with Crippen LogP contribution < -0.4 is 4.84 Å². The molecule has 1 heterocycles. The highest BCUT2D eigenvalue weighted by molar-refractivity contribution is 6.14. The molecule has 1 saturated heterocycles. The van der Waals surface area contributed by atoms with Crippen LogP contribution in [0.5, 0.6) is 0 Å². The molecule has 0 aliphatic carbocycles. The highest BCUT2D eigenvalue weighted by atomic mass is 35.5. The molecule has 1 rings (SSSR count). The van der Waals surface area contributed by atoms with Gasteiger partial charge in [0.1, 0.15) is 11.6 Å². The zero-order valence-electron chi connectivity index (χ0n) is 12.1. The molecular weight excluding hydrogens is 288 g/mol. The Morgan fingerprint density at radius 2 is 2.00 bits per heavy atom. The number of nitrogens with one attached hydrogen (secondary N) is 1. The Kier molecular flexibility index (Phi) is 6.04. The van der Waals surface area contributed by atoms with Gasteiger partial charge in [0, 0.05) is 0 Å². The third-order valence-electron chi connectivity index (χ3n) is 2.62. The van der Waals surface area contributed by atoms with Crippen LogP contribution in [0, 0.1) is 0 Å². The van der Waals surface area contributed by atoms with Crippen molar-refractivity contribution in [2.45, 2.75) is 38.5 Å². The number of carbonyl (C=O) groups is 2. The largest absolute Gasteiger partial charge is 0.468 e. The first kappa shape index (κ1) is 17.0. The normalized spacial score (nSPS) is 17.4. The van der Waals surface area contributed by atoms with Crippen LogP contribution in [0.15, 0.2) is 0 Å². The number of nitrogens with zero attached hydrogens (tertiary/aromatic N) is 1. The Morgan fingerprint density at radius 1 is 1.40 bits per heavy atom. The third kappa shape index (κ3) is 5.15. The minimum absolute atomic E-state index is 0.0863. The maximum atomic E-state index is 11.7. The molecule has 1 aliphatic rings. The molecule has 20 heavy (non-hydrogen) atoms. The zero-order valence-corrected chi connectivity index (χ0v) is 12.9. The fraction of sp³-hybridized carbons (Fsp3) is 0.833. The second kappa shape index (κ2) is 7.10. The lowest BCUT2D eigenvalue weighted by Gasteiger charge is -2.39.